The van der Waals surface area contributed by atoms with Crippen LogP contribution < -0.4 is 5.73 Å². The Labute approximate surface area is 160 Å². The van der Waals surface area contributed by atoms with Gasteiger partial charge in [0.25, 0.3) is 0 Å². The lowest BCUT2D eigenvalue weighted by atomic mass is 9.91. The Morgan fingerprint density at radius 3 is 2.58 bits per heavy atom. The zero-order valence-electron chi connectivity index (χ0n) is 14.3. The van der Waals surface area contributed by atoms with Gasteiger partial charge in [-0.25, -0.2) is 0 Å². The number of Topliss-reactive ketones (excluding diaryl/α,β-unsaturated/α-hetero) is 1. The first-order valence-corrected chi connectivity index (χ1v) is 9.37. The summed E-state index contributed by atoms with van der Waals surface area (Å²) < 4.78 is 6.84. The van der Waals surface area contributed by atoms with Crippen molar-refractivity contribution in [1.29, 1.82) is 0 Å². The molecule has 130 valence electrons. The molecule has 0 radical (unpaired) electrons. The molecule has 2 N–H and O–H groups in total. The summed E-state index contributed by atoms with van der Waals surface area (Å²) in [7, 11) is 0. The van der Waals surface area contributed by atoms with Crippen LogP contribution in [-0.2, 0) is 16.0 Å². The second-order valence-corrected chi connectivity index (χ2v) is 7.14. The molecule has 3 aromatic carbocycles. The van der Waals surface area contributed by atoms with E-state index in [1.165, 1.54) is 0 Å². The number of rotatable bonds is 3. The summed E-state index contributed by atoms with van der Waals surface area (Å²) in [6.07, 6.45) is 0.0829. The van der Waals surface area contributed by atoms with Gasteiger partial charge in [0.1, 0.15) is 0 Å². The summed E-state index contributed by atoms with van der Waals surface area (Å²) in [6, 6.07) is 19.7. The number of ketones is 1. The zero-order valence-corrected chi connectivity index (χ0v) is 15.9. The van der Waals surface area contributed by atoms with E-state index in [9.17, 15) is 4.79 Å². The van der Waals surface area contributed by atoms with E-state index in [0.717, 1.165) is 38.4 Å². The summed E-state index contributed by atoms with van der Waals surface area (Å²) in [5.74, 6) is 0.104. The molecule has 0 saturated heterocycles. The number of fused-ring (bicyclic) bond motifs is 1. The molecule has 1 atom stereocenters. The predicted molar refractivity (Wildman–Crippen MR) is 107 cm³/mol. The molecule has 0 spiro atoms. The SMILES string of the molecule is CCc1c(Br)cccc1C1=C(N)OC(c2cccc3ccccc23)C1=O. The Morgan fingerprint density at radius 1 is 1.04 bits per heavy atom. The molecule has 4 heteroatoms. The molecule has 0 fully saturated rings. The molecule has 4 rings (SSSR count). The smallest absolute Gasteiger partial charge is 0.213 e. The average Bonchev–Trinajstić information content (AvgIpc) is 2.95. The lowest BCUT2D eigenvalue weighted by Crippen LogP contribution is -2.11. The van der Waals surface area contributed by atoms with Crippen LogP contribution in [0.2, 0.25) is 0 Å². The van der Waals surface area contributed by atoms with Gasteiger partial charge in [0, 0.05) is 10.0 Å². The largest absolute Gasteiger partial charge is 0.462 e. The van der Waals surface area contributed by atoms with Crippen molar-refractivity contribution < 1.29 is 9.53 Å². The third kappa shape index (κ3) is 2.61. The van der Waals surface area contributed by atoms with Crippen molar-refractivity contribution in [3.05, 3.63) is 87.7 Å². The van der Waals surface area contributed by atoms with Crippen LogP contribution in [0, 0.1) is 0 Å². The lowest BCUT2D eigenvalue weighted by molar-refractivity contribution is -0.120. The van der Waals surface area contributed by atoms with Crippen molar-refractivity contribution in [2.75, 3.05) is 0 Å². The monoisotopic (exact) mass is 407 g/mol. The normalized spacial score (nSPS) is 17.0. The second-order valence-electron chi connectivity index (χ2n) is 6.29. The number of ether oxygens (including phenoxy) is 1. The van der Waals surface area contributed by atoms with Gasteiger partial charge in [-0.2, -0.15) is 0 Å². The molecule has 1 unspecified atom stereocenters. The highest BCUT2D eigenvalue weighted by Crippen LogP contribution is 2.40. The number of hydrogen-bond acceptors (Lipinski definition) is 3. The van der Waals surface area contributed by atoms with Crippen molar-refractivity contribution >= 4 is 38.1 Å². The average molecular weight is 408 g/mol. The van der Waals surface area contributed by atoms with Crippen LogP contribution in [0.4, 0.5) is 0 Å². The fourth-order valence-electron chi connectivity index (χ4n) is 3.59. The molecule has 0 aliphatic carbocycles. The Bertz CT molecular complexity index is 1050. The van der Waals surface area contributed by atoms with E-state index in [-0.39, 0.29) is 11.7 Å². The summed E-state index contributed by atoms with van der Waals surface area (Å²) in [4.78, 5) is 13.3. The Balaban J connectivity index is 1.81. The summed E-state index contributed by atoms with van der Waals surface area (Å²) in [5.41, 5.74) is 9.38. The van der Waals surface area contributed by atoms with Crippen LogP contribution in [0.25, 0.3) is 16.3 Å². The maximum Gasteiger partial charge on any atom is 0.213 e. The van der Waals surface area contributed by atoms with Gasteiger partial charge < -0.3 is 10.5 Å². The Kier molecular flexibility index (Phi) is 4.29. The minimum absolute atomic E-state index is 0.0911. The van der Waals surface area contributed by atoms with E-state index in [0.29, 0.717) is 5.57 Å². The first-order valence-electron chi connectivity index (χ1n) is 8.58. The Hall–Kier alpha value is -2.59. The molecular weight excluding hydrogens is 390 g/mol. The molecule has 0 amide bonds. The fraction of sp³-hybridized carbons (Fsp3) is 0.136. The van der Waals surface area contributed by atoms with E-state index >= 15 is 0 Å². The number of hydrogen-bond donors (Lipinski definition) is 1. The van der Waals surface area contributed by atoms with Crippen molar-refractivity contribution in [2.24, 2.45) is 5.73 Å². The minimum Gasteiger partial charge on any atom is -0.462 e. The number of carbonyl (C=O) groups is 1. The number of halogens is 1. The van der Waals surface area contributed by atoms with E-state index in [1.54, 1.807) is 0 Å². The van der Waals surface area contributed by atoms with Crippen LogP contribution in [0.1, 0.15) is 29.7 Å². The highest BCUT2D eigenvalue weighted by molar-refractivity contribution is 9.10. The number of carbonyl (C=O) groups excluding carboxylic acids is 1. The van der Waals surface area contributed by atoms with Crippen molar-refractivity contribution in [1.82, 2.24) is 0 Å². The van der Waals surface area contributed by atoms with Gasteiger partial charge in [0.2, 0.25) is 5.78 Å². The van der Waals surface area contributed by atoms with Crippen LogP contribution >= 0.6 is 15.9 Å². The zero-order chi connectivity index (χ0) is 18.3. The lowest BCUT2D eigenvalue weighted by Gasteiger charge is -2.13. The first kappa shape index (κ1) is 16.9. The van der Waals surface area contributed by atoms with Gasteiger partial charge >= 0.3 is 0 Å². The summed E-state index contributed by atoms with van der Waals surface area (Å²) >= 11 is 3.57. The third-order valence-electron chi connectivity index (χ3n) is 4.82. The highest BCUT2D eigenvalue weighted by Gasteiger charge is 2.37. The summed E-state index contributed by atoms with van der Waals surface area (Å²) in [5, 5.41) is 2.08. The van der Waals surface area contributed by atoms with Gasteiger partial charge in [-0.1, -0.05) is 77.5 Å². The quantitative estimate of drug-likeness (QED) is 0.654. The van der Waals surface area contributed by atoms with E-state index < -0.39 is 6.10 Å². The van der Waals surface area contributed by atoms with E-state index in [4.69, 9.17) is 10.5 Å². The molecule has 3 nitrogen and oxygen atoms in total. The molecule has 3 aromatic rings. The molecule has 0 aromatic heterocycles. The maximum atomic E-state index is 13.3. The molecule has 1 aliphatic heterocycles. The van der Waals surface area contributed by atoms with Gasteiger partial charge in [0.05, 0.1) is 5.57 Å². The molecule has 0 saturated carbocycles. The van der Waals surface area contributed by atoms with Gasteiger partial charge in [-0.05, 0) is 34.4 Å². The van der Waals surface area contributed by atoms with Crippen LogP contribution in [0.15, 0.2) is 71.0 Å². The van der Waals surface area contributed by atoms with E-state index in [2.05, 4.69) is 22.9 Å². The van der Waals surface area contributed by atoms with Crippen LogP contribution in [0.5, 0.6) is 0 Å². The molecular formula is C22H18BrNO2. The molecule has 26 heavy (non-hydrogen) atoms. The predicted octanol–water partition coefficient (Wildman–Crippen LogP) is 5.13. The topological polar surface area (TPSA) is 52.3 Å². The maximum absolute atomic E-state index is 13.3. The molecule has 1 aliphatic rings. The molecule has 1 heterocycles. The van der Waals surface area contributed by atoms with Gasteiger partial charge in [-0.3, -0.25) is 4.79 Å². The minimum atomic E-state index is -0.709. The van der Waals surface area contributed by atoms with Crippen LogP contribution in [0.3, 0.4) is 0 Å². The third-order valence-corrected chi connectivity index (χ3v) is 5.57. The second kappa shape index (κ2) is 6.61. The molecule has 0 bridgehead atoms. The van der Waals surface area contributed by atoms with Crippen molar-refractivity contribution in [3.63, 3.8) is 0 Å². The van der Waals surface area contributed by atoms with E-state index in [1.807, 2.05) is 60.7 Å². The number of nitrogens with two attached hydrogens (primary N) is 1. The van der Waals surface area contributed by atoms with Crippen molar-refractivity contribution in [2.45, 2.75) is 19.4 Å². The summed E-state index contributed by atoms with van der Waals surface area (Å²) in [6.45, 7) is 2.06. The Morgan fingerprint density at radius 2 is 1.77 bits per heavy atom. The van der Waals surface area contributed by atoms with Crippen LogP contribution in [-0.4, -0.2) is 5.78 Å². The fourth-order valence-corrected chi connectivity index (χ4v) is 4.24. The standard InChI is InChI=1S/C22H18BrNO2/c1-2-14-16(10-6-12-18(14)23)19-20(25)21(26-22(19)24)17-11-5-8-13-7-3-4-9-15(13)17/h3-12,21H,2,24H2,1H3. The number of benzene rings is 3. The van der Waals surface area contributed by atoms with Crippen molar-refractivity contribution in [3.8, 4) is 0 Å². The van der Waals surface area contributed by atoms with Gasteiger partial charge in [0.15, 0.2) is 12.0 Å². The highest BCUT2D eigenvalue weighted by atomic mass is 79.9. The first-order chi connectivity index (χ1) is 12.6. The van der Waals surface area contributed by atoms with Gasteiger partial charge in [-0.15, -0.1) is 0 Å².